The Morgan fingerprint density at radius 1 is 0.769 bits per heavy atom. The molecule has 1 saturated heterocycles. The second-order valence-electron chi connectivity index (χ2n) is 9.54. The predicted octanol–water partition coefficient (Wildman–Crippen LogP) is 3.95. The van der Waals surface area contributed by atoms with Crippen LogP contribution in [0.3, 0.4) is 0 Å². The average Bonchev–Trinajstić information content (AvgIpc) is 3.39. The number of aromatic amines is 1. The van der Waals surface area contributed by atoms with Crippen molar-refractivity contribution in [1.82, 2.24) is 4.98 Å². The van der Waals surface area contributed by atoms with Gasteiger partial charge in [-0.05, 0) is 29.2 Å². The van der Waals surface area contributed by atoms with E-state index in [1.54, 1.807) is 0 Å². The van der Waals surface area contributed by atoms with Crippen LogP contribution in [0.1, 0.15) is 16.7 Å². The van der Waals surface area contributed by atoms with Crippen molar-refractivity contribution in [3.05, 3.63) is 108 Å². The molecule has 8 heteroatoms. The van der Waals surface area contributed by atoms with Crippen molar-refractivity contribution in [1.29, 1.82) is 0 Å². The van der Waals surface area contributed by atoms with Gasteiger partial charge < -0.3 is 38.9 Å². The molecule has 1 fully saturated rings. The molecule has 1 aromatic heterocycles. The van der Waals surface area contributed by atoms with Gasteiger partial charge in [0.25, 0.3) is 0 Å². The van der Waals surface area contributed by atoms with E-state index < -0.39 is 37.5 Å². The number of nitrogens with one attached hydrogen (secondary N) is 1. The quantitative estimate of drug-likeness (QED) is 0.224. The smallest absolute Gasteiger partial charge is 0.186 e. The molecule has 0 spiro atoms. The zero-order chi connectivity index (χ0) is 26.9. The lowest BCUT2D eigenvalue weighted by Crippen LogP contribution is -2.61. The number of ether oxygens (including phenoxy) is 5. The molecule has 1 aliphatic rings. The highest BCUT2D eigenvalue weighted by Gasteiger charge is 2.47. The summed E-state index contributed by atoms with van der Waals surface area (Å²) in [6.45, 7) is 0.446. The van der Waals surface area contributed by atoms with Crippen LogP contribution < -0.4 is 0 Å². The number of benzene rings is 3. The number of H-pyrrole nitrogens is 1. The van der Waals surface area contributed by atoms with E-state index in [0.717, 1.165) is 27.6 Å². The summed E-state index contributed by atoms with van der Waals surface area (Å²) in [4.78, 5) is 3.29. The van der Waals surface area contributed by atoms with Gasteiger partial charge in [-0.3, -0.25) is 0 Å². The van der Waals surface area contributed by atoms with E-state index in [1.807, 2.05) is 85.1 Å². The summed E-state index contributed by atoms with van der Waals surface area (Å²) in [5, 5.41) is 21.6. The van der Waals surface area contributed by atoms with E-state index in [-0.39, 0.29) is 13.2 Å². The number of para-hydroxylation sites is 1. The molecule has 8 nitrogen and oxygen atoms in total. The minimum absolute atomic E-state index is 0.0173. The molecule has 0 saturated carbocycles. The van der Waals surface area contributed by atoms with Crippen molar-refractivity contribution in [2.24, 2.45) is 0 Å². The Bertz CT molecular complexity index is 1270. The van der Waals surface area contributed by atoms with Crippen LogP contribution in [0.15, 0.2) is 91.1 Å². The first-order valence-corrected chi connectivity index (χ1v) is 13.2. The highest BCUT2D eigenvalue weighted by atomic mass is 16.7. The zero-order valence-corrected chi connectivity index (χ0v) is 21.7. The van der Waals surface area contributed by atoms with E-state index in [2.05, 4.69) is 11.1 Å². The van der Waals surface area contributed by atoms with Crippen LogP contribution in [-0.4, -0.2) is 65.9 Å². The minimum Gasteiger partial charge on any atom is -0.387 e. The molecule has 39 heavy (non-hydrogen) atoms. The molecule has 4 aromatic rings. The molecule has 5 unspecified atom stereocenters. The van der Waals surface area contributed by atoms with Gasteiger partial charge in [-0.1, -0.05) is 78.9 Å². The van der Waals surface area contributed by atoms with Crippen LogP contribution in [-0.2, 0) is 43.3 Å². The molecule has 0 bridgehead atoms. The van der Waals surface area contributed by atoms with Gasteiger partial charge in [-0.25, -0.2) is 0 Å². The van der Waals surface area contributed by atoms with Crippen molar-refractivity contribution in [3.63, 3.8) is 0 Å². The lowest BCUT2D eigenvalue weighted by atomic mass is 9.98. The SMILES string of the molecule is OCOCC1OC(OCCc2c[nH]c3ccccc23)C(OCc2ccccc2)C(OCc2ccccc2)C1O. The Morgan fingerprint density at radius 2 is 1.41 bits per heavy atom. The molecule has 0 aliphatic carbocycles. The number of hydrogen-bond acceptors (Lipinski definition) is 7. The maximum Gasteiger partial charge on any atom is 0.186 e. The Hall–Kier alpha value is -3.08. The number of hydrogen-bond donors (Lipinski definition) is 3. The number of rotatable bonds is 13. The van der Waals surface area contributed by atoms with E-state index in [0.29, 0.717) is 19.6 Å². The van der Waals surface area contributed by atoms with Gasteiger partial charge in [0.1, 0.15) is 31.2 Å². The summed E-state index contributed by atoms with van der Waals surface area (Å²) >= 11 is 0. The van der Waals surface area contributed by atoms with Gasteiger partial charge in [0, 0.05) is 17.1 Å². The van der Waals surface area contributed by atoms with Crippen LogP contribution in [0, 0.1) is 0 Å². The molecule has 1 aliphatic heterocycles. The minimum atomic E-state index is -1.06. The highest BCUT2D eigenvalue weighted by Crippen LogP contribution is 2.29. The average molecular weight is 534 g/mol. The van der Waals surface area contributed by atoms with Crippen molar-refractivity contribution in [2.75, 3.05) is 20.0 Å². The number of aliphatic hydroxyl groups excluding tert-OH is 2. The highest BCUT2D eigenvalue weighted by molar-refractivity contribution is 5.83. The third-order valence-electron chi connectivity index (χ3n) is 6.89. The van der Waals surface area contributed by atoms with E-state index in [4.69, 9.17) is 23.7 Å². The maximum atomic E-state index is 11.3. The van der Waals surface area contributed by atoms with Gasteiger partial charge in [0.05, 0.1) is 26.4 Å². The fourth-order valence-corrected chi connectivity index (χ4v) is 4.86. The first kappa shape index (κ1) is 27.5. The Morgan fingerprint density at radius 3 is 2.10 bits per heavy atom. The lowest BCUT2D eigenvalue weighted by molar-refractivity contribution is -0.322. The Kier molecular flexibility index (Phi) is 9.74. The van der Waals surface area contributed by atoms with Crippen LogP contribution in [0.5, 0.6) is 0 Å². The van der Waals surface area contributed by atoms with Crippen LogP contribution in [0.25, 0.3) is 10.9 Å². The fraction of sp³-hybridized carbons (Fsp3) is 0.355. The largest absolute Gasteiger partial charge is 0.387 e. The first-order valence-electron chi connectivity index (χ1n) is 13.2. The van der Waals surface area contributed by atoms with E-state index in [1.165, 1.54) is 0 Å². The van der Waals surface area contributed by atoms with Crippen molar-refractivity contribution in [2.45, 2.75) is 50.3 Å². The summed E-state index contributed by atoms with van der Waals surface area (Å²) in [6, 6.07) is 27.7. The summed E-state index contributed by atoms with van der Waals surface area (Å²) < 4.78 is 30.2. The summed E-state index contributed by atoms with van der Waals surface area (Å²) in [7, 11) is 0. The molecule has 2 heterocycles. The molecule has 0 amide bonds. The third-order valence-corrected chi connectivity index (χ3v) is 6.89. The van der Waals surface area contributed by atoms with Crippen LogP contribution in [0.2, 0.25) is 0 Å². The molecular formula is C31H35NO7. The summed E-state index contributed by atoms with van der Waals surface area (Å²) in [5.74, 6) is 0. The molecule has 5 rings (SSSR count). The standard InChI is InChI=1S/C31H35NO7/c33-21-35-20-27-28(34)29(37-18-22-9-3-1-4-10-22)30(38-19-23-11-5-2-6-12-23)31(39-27)36-16-15-24-17-32-26-14-8-7-13-25(24)26/h1-14,17,27-34H,15-16,18-21H2. The van der Waals surface area contributed by atoms with Crippen molar-refractivity contribution in [3.8, 4) is 0 Å². The van der Waals surface area contributed by atoms with Crippen molar-refractivity contribution < 1.29 is 33.9 Å². The Balaban J connectivity index is 1.33. The van der Waals surface area contributed by atoms with Gasteiger partial charge in [-0.2, -0.15) is 0 Å². The monoisotopic (exact) mass is 533 g/mol. The topological polar surface area (TPSA) is 102 Å². The lowest BCUT2D eigenvalue weighted by Gasteiger charge is -2.44. The van der Waals surface area contributed by atoms with E-state index >= 15 is 0 Å². The normalized spacial score (nSPS) is 23.3. The zero-order valence-electron chi connectivity index (χ0n) is 21.7. The predicted molar refractivity (Wildman–Crippen MR) is 146 cm³/mol. The Labute approximate surface area is 228 Å². The fourth-order valence-electron chi connectivity index (χ4n) is 4.86. The van der Waals surface area contributed by atoms with E-state index in [9.17, 15) is 10.2 Å². The van der Waals surface area contributed by atoms with Gasteiger partial charge in [-0.15, -0.1) is 0 Å². The second kappa shape index (κ2) is 13.8. The van der Waals surface area contributed by atoms with Gasteiger partial charge >= 0.3 is 0 Å². The molecule has 206 valence electrons. The maximum absolute atomic E-state index is 11.3. The van der Waals surface area contributed by atoms with Gasteiger partial charge in [0.2, 0.25) is 0 Å². The van der Waals surface area contributed by atoms with Gasteiger partial charge in [0.15, 0.2) is 6.29 Å². The van der Waals surface area contributed by atoms with Crippen LogP contribution in [0.4, 0.5) is 0 Å². The molecule has 3 N–H and O–H groups in total. The van der Waals surface area contributed by atoms with Crippen molar-refractivity contribution >= 4 is 10.9 Å². The van der Waals surface area contributed by atoms with Crippen LogP contribution >= 0.6 is 0 Å². The second-order valence-corrected chi connectivity index (χ2v) is 9.54. The molecule has 3 aromatic carbocycles. The summed E-state index contributed by atoms with van der Waals surface area (Å²) in [6.07, 6.45) is -1.47. The molecule has 0 radical (unpaired) electrons. The number of aliphatic hydroxyl groups is 2. The molecular weight excluding hydrogens is 498 g/mol. The summed E-state index contributed by atoms with van der Waals surface area (Å²) in [5.41, 5.74) is 4.17. The molecule has 5 atom stereocenters. The third kappa shape index (κ3) is 7.12. The first-order chi connectivity index (χ1) is 19.2. The number of fused-ring (bicyclic) bond motifs is 1. The number of aromatic nitrogens is 1.